The summed E-state index contributed by atoms with van der Waals surface area (Å²) in [4.78, 5) is 17.0. The minimum absolute atomic E-state index is 0. The molecule has 0 saturated carbocycles. The van der Waals surface area contributed by atoms with Gasteiger partial charge in [0.2, 0.25) is 5.91 Å². The van der Waals surface area contributed by atoms with E-state index in [-0.39, 0.29) is 30.7 Å². The molecule has 1 aromatic rings. The molecule has 2 atom stereocenters. The Morgan fingerprint density at radius 3 is 2.50 bits per heavy atom. The van der Waals surface area contributed by atoms with E-state index in [0.717, 1.165) is 52.2 Å². The van der Waals surface area contributed by atoms with E-state index in [1.807, 2.05) is 0 Å². The molecule has 2 aliphatic rings. The Kier molecular flexibility index (Phi) is 10.3. The molecule has 0 spiro atoms. The van der Waals surface area contributed by atoms with Crippen molar-refractivity contribution in [1.29, 1.82) is 0 Å². The number of para-hydroxylation sites is 1. The Morgan fingerprint density at radius 1 is 1.15 bits per heavy atom. The summed E-state index contributed by atoms with van der Waals surface area (Å²) in [5.74, 6) is 0.733. The molecule has 0 aromatic heterocycles. The number of piperidine rings is 1. The predicted octanol–water partition coefficient (Wildman–Crippen LogP) is 2.16. The van der Waals surface area contributed by atoms with Crippen molar-refractivity contribution in [1.82, 2.24) is 15.5 Å². The van der Waals surface area contributed by atoms with Crippen molar-refractivity contribution in [3.63, 3.8) is 0 Å². The van der Waals surface area contributed by atoms with Crippen LogP contribution in [-0.2, 0) is 4.79 Å². The number of halogens is 2. The maximum absolute atomic E-state index is 12.2. The number of carbonyl (C=O) groups is 1. The summed E-state index contributed by atoms with van der Waals surface area (Å²) in [7, 11) is 0. The minimum atomic E-state index is 0. The Labute approximate surface area is 169 Å². The van der Waals surface area contributed by atoms with Gasteiger partial charge in [-0.05, 0) is 37.6 Å². The van der Waals surface area contributed by atoms with E-state index in [2.05, 4.69) is 57.7 Å². The average Bonchev–Trinajstić information content (AvgIpc) is 2.63. The summed E-state index contributed by atoms with van der Waals surface area (Å²) in [6.45, 7) is 9.24. The number of amides is 1. The molecule has 2 N–H and O–H groups in total. The fraction of sp³-hybridized carbons (Fsp3) is 0.632. The van der Waals surface area contributed by atoms with Gasteiger partial charge in [0.1, 0.15) is 0 Å². The van der Waals surface area contributed by atoms with E-state index >= 15 is 0 Å². The van der Waals surface area contributed by atoms with Gasteiger partial charge in [-0.3, -0.25) is 9.69 Å². The number of piperazine rings is 1. The quantitative estimate of drug-likeness (QED) is 0.791. The van der Waals surface area contributed by atoms with Crippen LogP contribution in [0, 0.1) is 5.92 Å². The Balaban J connectivity index is 0.00000169. The number of nitrogens with one attached hydrogen (secondary N) is 2. The highest BCUT2D eigenvalue weighted by Crippen LogP contribution is 2.15. The third-order valence-corrected chi connectivity index (χ3v) is 5.28. The third kappa shape index (κ3) is 6.62. The van der Waals surface area contributed by atoms with Crippen LogP contribution in [0.1, 0.15) is 19.8 Å². The molecule has 1 amide bonds. The summed E-state index contributed by atoms with van der Waals surface area (Å²) in [6, 6.07) is 10.9. The molecule has 148 valence electrons. The topological polar surface area (TPSA) is 47.6 Å². The second kappa shape index (κ2) is 11.7. The molecule has 2 unspecified atom stereocenters. The molecule has 3 rings (SSSR count). The zero-order valence-corrected chi connectivity index (χ0v) is 17.2. The lowest BCUT2D eigenvalue weighted by Gasteiger charge is -2.36. The van der Waals surface area contributed by atoms with Gasteiger partial charge < -0.3 is 15.5 Å². The highest BCUT2D eigenvalue weighted by atomic mass is 35.5. The fourth-order valence-corrected chi connectivity index (χ4v) is 3.64. The van der Waals surface area contributed by atoms with Gasteiger partial charge in [0.15, 0.2) is 0 Å². The van der Waals surface area contributed by atoms with E-state index < -0.39 is 0 Å². The second-order valence-corrected chi connectivity index (χ2v) is 7.06. The molecule has 0 bridgehead atoms. The maximum atomic E-state index is 12.2. The minimum Gasteiger partial charge on any atom is -0.369 e. The zero-order valence-electron chi connectivity index (χ0n) is 15.5. The fourth-order valence-electron chi connectivity index (χ4n) is 3.64. The van der Waals surface area contributed by atoms with Crippen LogP contribution in [0.5, 0.6) is 0 Å². The first kappa shape index (κ1) is 23.0. The molecule has 2 saturated heterocycles. The predicted molar refractivity (Wildman–Crippen MR) is 113 cm³/mol. The molecule has 7 heteroatoms. The van der Waals surface area contributed by atoms with Crippen LogP contribution in [0.2, 0.25) is 0 Å². The van der Waals surface area contributed by atoms with E-state index in [4.69, 9.17) is 0 Å². The van der Waals surface area contributed by atoms with Crippen molar-refractivity contribution in [3.05, 3.63) is 30.3 Å². The van der Waals surface area contributed by atoms with Crippen LogP contribution in [0.4, 0.5) is 5.69 Å². The van der Waals surface area contributed by atoms with Crippen LogP contribution in [0.3, 0.4) is 0 Å². The van der Waals surface area contributed by atoms with Gasteiger partial charge in [0.05, 0.1) is 0 Å². The zero-order chi connectivity index (χ0) is 16.8. The van der Waals surface area contributed by atoms with Gasteiger partial charge in [-0.2, -0.15) is 0 Å². The molecule has 26 heavy (non-hydrogen) atoms. The molecule has 0 radical (unpaired) electrons. The van der Waals surface area contributed by atoms with Gasteiger partial charge in [-0.15, -0.1) is 24.8 Å². The third-order valence-electron chi connectivity index (χ3n) is 5.28. The molecule has 2 fully saturated rings. The summed E-state index contributed by atoms with van der Waals surface area (Å²) < 4.78 is 0. The molecule has 2 heterocycles. The Bertz CT molecular complexity index is 524. The molecule has 5 nitrogen and oxygen atoms in total. The summed E-state index contributed by atoms with van der Waals surface area (Å²) in [5, 5.41) is 6.60. The number of anilines is 1. The van der Waals surface area contributed by atoms with Crippen molar-refractivity contribution in [2.45, 2.75) is 25.8 Å². The smallest absolute Gasteiger partial charge is 0.221 e. The largest absolute Gasteiger partial charge is 0.369 e. The van der Waals surface area contributed by atoms with Gasteiger partial charge >= 0.3 is 0 Å². The monoisotopic (exact) mass is 402 g/mol. The highest BCUT2D eigenvalue weighted by Gasteiger charge is 2.23. The van der Waals surface area contributed by atoms with Crippen LogP contribution in [0.25, 0.3) is 0 Å². The van der Waals surface area contributed by atoms with Crippen molar-refractivity contribution in [3.8, 4) is 0 Å². The maximum Gasteiger partial charge on any atom is 0.221 e. The standard InChI is InChI=1S/C19H30N4O.2ClH/c1-16-15-20-9-7-18(16)21-19(24)8-10-22-11-13-23(14-12-22)17-5-3-2-4-6-17;;/h2-6,16,18,20H,7-15H2,1H3,(H,21,24);2*1H. The Hall–Kier alpha value is -1.01. The molecular formula is C19H32Cl2N4O. The first-order valence-corrected chi connectivity index (χ1v) is 9.25. The number of nitrogens with zero attached hydrogens (tertiary/aromatic N) is 2. The van der Waals surface area contributed by atoms with Crippen molar-refractivity contribution in [2.24, 2.45) is 5.92 Å². The number of rotatable bonds is 5. The van der Waals surface area contributed by atoms with Crippen LogP contribution < -0.4 is 15.5 Å². The Morgan fingerprint density at radius 2 is 1.85 bits per heavy atom. The van der Waals surface area contributed by atoms with Gasteiger partial charge in [-0.1, -0.05) is 25.1 Å². The van der Waals surface area contributed by atoms with E-state index in [1.54, 1.807) is 0 Å². The SMILES string of the molecule is CC1CNCCC1NC(=O)CCN1CCN(c2ccccc2)CC1.Cl.Cl. The second-order valence-electron chi connectivity index (χ2n) is 7.06. The summed E-state index contributed by atoms with van der Waals surface area (Å²) >= 11 is 0. The average molecular weight is 403 g/mol. The lowest BCUT2D eigenvalue weighted by molar-refractivity contribution is -0.122. The van der Waals surface area contributed by atoms with Crippen LogP contribution in [0.15, 0.2) is 30.3 Å². The molecule has 1 aromatic carbocycles. The first-order chi connectivity index (χ1) is 11.7. The molecule has 2 aliphatic heterocycles. The van der Waals surface area contributed by atoms with Gasteiger partial charge in [0, 0.05) is 50.9 Å². The summed E-state index contributed by atoms with van der Waals surface area (Å²) in [6.07, 6.45) is 1.66. The van der Waals surface area contributed by atoms with Crippen molar-refractivity contribution < 1.29 is 4.79 Å². The van der Waals surface area contributed by atoms with Crippen LogP contribution >= 0.6 is 24.8 Å². The number of hydrogen-bond acceptors (Lipinski definition) is 4. The molecule has 0 aliphatic carbocycles. The first-order valence-electron chi connectivity index (χ1n) is 9.25. The lowest BCUT2D eigenvalue weighted by atomic mass is 9.95. The van der Waals surface area contributed by atoms with Gasteiger partial charge in [0.25, 0.3) is 0 Å². The van der Waals surface area contributed by atoms with Gasteiger partial charge in [-0.25, -0.2) is 0 Å². The number of carbonyl (C=O) groups excluding carboxylic acids is 1. The number of benzene rings is 1. The summed E-state index contributed by atoms with van der Waals surface area (Å²) in [5.41, 5.74) is 1.30. The highest BCUT2D eigenvalue weighted by molar-refractivity contribution is 5.85. The van der Waals surface area contributed by atoms with E-state index in [1.165, 1.54) is 5.69 Å². The van der Waals surface area contributed by atoms with E-state index in [0.29, 0.717) is 18.4 Å². The lowest BCUT2D eigenvalue weighted by Crippen LogP contribution is -2.50. The van der Waals surface area contributed by atoms with Crippen molar-refractivity contribution in [2.75, 3.05) is 50.7 Å². The van der Waals surface area contributed by atoms with E-state index in [9.17, 15) is 4.79 Å². The molecular weight excluding hydrogens is 371 g/mol. The van der Waals surface area contributed by atoms with Crippen LogP contribution in [-0.4, -0.2) is 62.7 Å². The number of hydrogen-bond donors (Lipinski definition) is 2. The normalized spacial score (nSPS) is 23.5. The van der Waals surface area contributed by atoms with Crippen molar-refractivity contribution >= 4 is 36.4 Å².